The number of nitrogens with zero attached hydrogens (tertiary/aromatic N) is 2. The molecule has 17 heavy (non-hydrogen) atoms. The smallest absolute Gasteiger partial charge is 0.308 e. The molecule has 0 spiro atoms. The standard InChI is InChI=1S/C13H18N2O2/c1-9-4-3-5-14-12(9)8-15-6-10(2)11(7-15)13(16)17/h3-5,10-11H,6-8H2,1-2H3,(H,16,17)/t10-,11-/m1/s1. The fraction of sp³-hybridized carbons (Fsp3) is 0.538. The van der Waals surface area contributed by atoms with Crippen LogP contribution in [-0.2, 0) is 11.3 Å². The number of hydrogen-bond donors (Lipinski definition) is 1. The van der Waals surface area contributed by atoms with Crippen molar-refractivity contribution >= 4 is 5.97 Å². The van der Waals surface area contributed by atoms with Crippen LogP contribution in [0, 0.1) is 18.8 Å². The van der Waals surface area contributed by atoms with Crippen molar-refractivity contribution in [3.05, 3.63) is 29.6 Å². The van der Waals surface area contributed by atoms with Gasteiger partial charge in [0.15, 0.2) is 0 Å². The Kier molecular flexibility index (Phi) is 3.43. The first-order valence-corrected chi connectivity index (χ1v) is 5.93. The first kappa shape index (κ1) is 12.0. The van der Waals surface area contributed by atoms with Gasteiger partial charge in [-0.1, -0.05) is 13.0 Å². The van der Waals surface area contributed by atoms with Crippen molar-refractivity contribution in [1.29, 1.82) is 0 Å². The average Bonchev–Trinajstić information content (AvgIpc) is 2.63. The monoisotopic (exact) mass is 234 g/mol. The van der Waals surface area contributed by atoms with Gasteiger partial charge in [0.2, 0.25) is 0 Å². The number of aryl methyl sites for hydroxylation is 1. The Morgan fingerprint density at radius 3 is 2.94 bits per heavy atom. The lowest BCUT2D eigenvalue weighted by molar-refractivity contribution is -0.142. The maximum Gasteiger partial charge on any atom is 0.308 e. The normalized spacial score (nSPS) is 25.1. The lowest BCUT2D eigenvalue weighted by Gasteiger charge is -2.15. The molecule has 0 unspecified atom stereocenters. The molecule has 1 aromatic heterocycles. The summed E-state index contributed by atoms with van der Waals surface area (Å²) < 4.78 is 0. The molecule has 4 heteroatoms. The SMILES string of the molecule is Cc1cccnc1CN1C[C@@H](C)[C@H](C(=O)O)C1. The lowest BCUT2D eigenvalue weighted by Crippen LogP contribution is -2.23. The van der Waals surface area contributed by atoms with Gasteiger partial charge >= 0.3 is 5.97 Å². The molecule has 0 radical (unpaired) electrons. The molecule has 2 heterocycles. The quantitative estimate of drug-likeness (QED) is 0.862. The Hall–Kier alpha value is -1.42. The highest BCUT2D eigenvalue weighted by Gasteiger charge is 2.34. The van der Waals surface area contributed by atoms with E-state index in [9.17, 15) is 4.79 Å². The van der Waals surface area contributed by atoms with Crippen molar-refractivity contribution < 1.29 is 9.90 Å². The highest BCUT2D eigenvalue weighted by atomic mass is 16.4. The molecule has 92 valence electrons. The van der Waals surface area contributed by atoms with Gasteiger partial charge in [-0.3, -0.25) is 14.7 Å². The summed E-state index contributed by atoms with van der Waals surface area (Å²) in [4.78, 5) is 17.6. The number of carboxylic acids is 1. The van der Waals surface area contributed by atoms with E-state index in [1.54, 1.807) is 6.20 Å². The first-order valence-electron chi connectivity index (χ1n) is 5.93. The second kappa shape index (κ2) is 4.84. The maximum absolute atomic E-state index is 11.0. The van der Waals surface area contributed by atoms with Crippen molar-refractivity contribution in [2.45, 2.75) is 20.4 Å². The van der Waals surface area contributed by atoms with Gasteiger partial charge in [-0.05, 0) is 24.5 Å². The number of carboxylic acid groups (broad SMARTS) is 1. The summed E-state index contributed by atoms with van der Waals surface area (Å²) >= 11 is 0. The molecule has 4 nitrogen and oxygen atoms in total. The number of aromatic nitrogens is 1. The van der Waals surface area contributed by atoms with Gasteiger partial charge in [-0.25, -0.2) is 0 Å². The van der Waals surface area contributed by atoms with E-state index in [2.05, 4.69) is 9.88 Å². The molecular formula is C13H18N2O2. The minimum atomic E-state index is -0.683. The summed E-state index contributed by atoms with van der Waals surface area (Å²) in [6, 6.07) is 3.96. The third-order valence-electron chi connectivity index (χ3n) is 3.50. The Morgan fingerprint density at radius 1 is 1.59 bits per heavy atom. The van der Waals surface area contributed by atoms with Crippen LogP contribution in [0.3, 0.4) is 0 Å². The number of rotatable bonds is 3. The molecule has 1 saturated heterocycles. The Bertz CT molecular complexity index is 420. The number of likely N-dealkylation sites (tertiary alicyclic amines) is 1. The van der Waals surface area contributed by atoms with Crippen molar-refractivity contribution in [2.75, 3.05) is 13.1 Å². The molecule has 0 saturated carbocycles. The highest BCUT2D eigenvalue weighted by molar-refractivity contribution is 5.71. The minimum Gasteiger partial charge on any atom is -0.481 e. The van der Waals surface area contributed by atoms with E-state index in [1.165, 1.54) is 5.56 Å². The largest absolute Gasteiger partial charge is 0.481 e. The number of aliphatic carboxylic acids is 1. The van der Waals surface area contributed by atoms with Crippen LogP contribution in [0.1, 0.15) is 18.2 Å². The topological polar surface area (TPSA) is 53.4 Å². The molecule has 1 fully saturated rings. The van der Waals surface area contributed by atoms with Gasteiger partial charge in [0.25, 0.3) is 0 Å². The van der Waals surface area contributed by atoms with Crippen molar-refractivity contribution in [1.82, 2.24) is 9.88 Å². The zero-order valence-electron chi connectivity index (χ0n) is 10.3. The van der Waals surface area contributed by atoms with Gasteiger partial charge < -0.3 is 5.11 Å². The van der Waals surface area contributed by atoms with Crippen LogP contribution in [0.4, 0.5) is 0 Å². The zero-order valence-corrected chi connectivity index (χ0v) is 10.3. The van der Waals surface area contributed by atoms with Gasteiger partial charge in [-0.2, -0.15) is 0 Å². The van der Waals surface area contributed by atoms with Crippen LogP contribution < -0.4 is 0 Å². The van der Waals surface area contributed by atoms with E-state index in [0.29, 0.717) is 6.54 Å². The van der Waals surface area contributed by atoms with E-state index in [1.807, 2.05) is 26.0 Å². The molecule has 2 atom stereocenters. The Labute approximate surface area is 101 Å². The van der Waals surface area contributed by atoms with Crippen molar-refractivity contribution in [3.63, 3.8) is 0 Å². The summed E-state index contributed by atoms with van der Waals surface area (Å²) in [6.07, 6.45) is 1.79. The third kappa shape index (κ3) is 2.64. The van der Waals surface area contributed by atoms with E-state index in [4.69, 9.17) is 5.11 Å². The average molecular weight is 234 g/mol. The third-order valence-corrected chi connectivity index (χ3v) is 3.50. The van der Waals surface area contributed by atoms with E-state index in [-0.39, 0.29) is 11.8 Å². The lowest BCUT2D eigenvalue weighted by atomic mass is 9.99. The molecule has 0 bridgehead atoms. The fourth-order valence-corrected chi connectivity index (χ4v) is 2.41. The van der Waals surface area contributed by atoms with E-state index < -0.39 is 5.97 Å². The predicted molar refractivity (Wildman–Crippen MR) is 64.5 cm³/mol. The fourth-order valence-electron chi connectivity index (χ4n) is 2.41. The highest BCUT2D eigenvalue weighted by Crippen LogP contribution is 2.24. The number of hydrogen-bond acceptors (Lipinski definition) is 3. The van der Waals surface area contributed by atoms with Crippen molar-refractivity contribution in [2.24, 2.45) is 11.8 Å². The molecular weight excluding hydrogens is 216 g/mol. The first-order chi connectivity index (χ1) is 8.08. The minimum absolute atomic E-state index is 0.219. The number of carbonyl (C=O) groups is 1. The number of pyridine rings is 1. The Morgan fingerprint density at radius 2 is 2.35 bits per heavy atom. The van der Waals surface area contributed by atoms with Crippen LogP contribution in [0.15, 0.2) is 18.3 Å². The Balaban J connectivity index is 2.03. The van der Waals surface area contributed by atoms with Crippen molar-refractivity contribution in [3.8, 4) is 0 Å². The zero-order chi connectivity index (χ0) is 12.4. The summed E-state index contributed by atoms with van der Waals surface area (Å²) in [7, 11) is 0. The molecule has 0 aliphatic carbocycles. The van der Waals surface area contributed by atoms with E-state index in [0.717, 1.165) is 18.8 Å². The molecule has 2 rings (SSSR count). The molecule has 1 N–H and O–H groups in total. The summed E-state index contributed by atoms with van der Waals surface area (Å²) in [6.45, 7) is 6.26. The van der Waals surface area contributed by atoms with Crippen LogP contribution >= 0.6 is 0 Å². The summed E-state index contributed by atoms with van der Waals surface area (Å²) in [5.74, 6) is -0.701. The molecule has 0 amide bonds. The summed E-state index contributed by atoms with van der Waals surface area (Å²) in [5, 5.41) is 9.08. The molecule has 1 aliphatic rings. The second-order valence-electron chi connectivity index (χ2n) is 4.88. The van der Waals surface area contributed by atoms with Gasteiger partial charge in [0.1, 0.15) is 0 Å². The van der Waals surface area contributed by atoms with Crippen LogP contribution in [0.25, 0.3) is 0 Å². The maximum atomic E-state index is 11.0. The molecule has 0 aromatic carbocycles. The molecule has 1 aliphatic heterocycles. The van der Waals surface area contributed by atoms with Gasteiger partial charge in [-0.15, -0.1) is 0 Å². The second-order valence-corrected chi connectivity index (χ2v) is 4.88. The van der Waals surface area contributed by atoms with Crippen LogP contribution in [-0.4, -0.2) is 34.0 Å². The summed E-state index contributed by atoms with van der Waals surface area (Å²) in [5.41, 5.74) is 2.21. The van der Waals surface area contributed by atoms with Gasteiger partial charge in [0.05, 0.1) is 11.6 Å². The van der Waals surface area contributed by atoms with E-state index >= 15 is 0 Å². The van der Waals surface area contributed by atoms with Gasteiger partial charge in [0, 0.05) is 25.8 Å². The van der Waals surface area contributed by atoms with Crippen LogP contribution in [0.2, 0.25) is 0 Å². The predicted octanol–water partition coefficient (Wildman–Crippen LogP) is 1.54. The molecule has 1 aromatic rings. The van der Waals surface area contributed by atoms with Crippen LogP contribution in [0.5, 0.6) is 0 Å².